The average Bonchev–Trinajstić information content (AvgIpc) is 3.08. The summed E-state index contributed by atoms with van der Waals surface area (Å²) >= 11 is 0. The zero-order chi connectivity index (χ0) is 23.0. The van der Waals surface area contributed by atoms with Crippen molar-refractivity contribution >= 4 is 32.3 Å². The molecule has 0 bridgehead atoms. The second-order valence-corrected chi connectivity index (χ2v) is 11.4. The molecule has 2 aliphatic carbocycles. The lowest BCUT2D eigenvalue weighted by Crippen LogP contribution is -2.23. The molecule has 0 heteroatoms. The Bertz CT molecular complexity index is 1840. The van der Waals surface area contributed by atoms with E-state index in [1.54, 1.807) is 0 Å². The fourth-order valence-corrected chi connectivity index (χ4v) is 7.42. The summed E-state index contributed by atoms with van der Waals surface area (Å²) in [6.07, 6.45) is 0. The number of rotatable bonds is 0. The van der Waals surface area contributed by atoms with E-state index in [1.807, 2.05) is 0 Å². The van der Waals surface area contributed by atoms with E-state index in [2.05, 4.69) is 113 Å². The van der Waals surface area contributed by atoms with Crippen LogP contribution < -0.4 is 0 Å². The molecule has 0 aliphatic heterocycles. The summed E-state index contributed by atoms with van der Waals surface area (Å²) < 4.78 is 0. The molecule has 0 aromatic heterocycles. The van der Waals surface area contributed by atoms with Crippen LogP contribution in [0.5, 0.6) is 0 Å². The van der Waals surface area contributed by atoms with Crippen molar-refractivity contribution in [2.45, 2.75) is 38.5 Å². The quantitative estimate of drug-likeness (QED) is 0.209. The van der Waals surface area contributed by atoms with Gasteiger partial charge in [-0.2, -0.15) is 0 Å². The highest BCUT2D eigenvalue weighted by molar-refractivity contribution is 6.29. The van der Waals surface area contributed by atoms with Crippen LogP contribution in [0.3, 0.4) is 0 Å². The Morgan fingerprint density at radius 1 is 0.441 bits per heavy atom. The molecule has 8 rings (SSSR count). The standard InChI is InChI=1S/C34H26/c1-33(2)26-11-7-5-9-21(26)24-17-20-18-25-22-10-6-8-12-27(22)34(3,4)32(25)23-15-13-19-14-16-28(33)31(24)30(19)29(20)23/h5-18H,1-4H3. The van der Waals surface area contributed by atoms with Gasteiger partial charge in [0.2, 0.25) is 0 Å². The molecule has 0 N–H and O–H groups in total. The SMILES string of the molecule is CC1(C)c2ccccc2-c2cc3cc4c5c(ccc6ccc(c21)c3c65)C(C)(C)c1ccccc1-4. The Morgan fingerprint density at radius 2 is 1.06 bits per heavy atom. The molecule has 6 aromatic rings. The Kier molecular flexibility index (Phi) is 3.14. The largest absolute Gasteiger partial charge is 0.0619 e. The van der Waals surface area contributed by atoms with Crippen LogP contribution in [0.1, 0.15) is 49.9 Å². The van der Waals surface area contributed by atoms with Crippen molar-refractivity contribution in [3.8, 4) is 22.3 Å². The molecule has 0 heterocycles. The summed E-state index contributed by atoms with van der Waals surface area (Å²) in [5.74, 6) is 0. The van der Waals surface area contributed by atoms with Crippen molar-refractivity contribution in [1.29, 1.82) is 0 Å². The van der Waals surface area contributed by atoms with Crippen LogP contribution in [0, 0.1) is 0 Å². The first-order valence-corrected chi connectivity index (χ1v) is 12.4. The Balaban J connectivity index is 1.64. The smallest absolute Gasteiger partial charge is 0.0165 e. The van der Waals surface area contributed by atoms with Gasteiger partial charge in [0.1, 0.15) is 0 Å². The normalized spacial score (nSPS) is 16.7. The predicted molar refractivity (Wildman–Crippen MR) is 145 cm³/mol. The third-order valence-electron chi connectivity index (χ3n) is 8.96. The highest BCUT2D eigenvalue weighted by Gasteiger charge is 2.39. The summed E-state index contributed by atoms with van der Waals surface area (Å²) in [5, 5.41) is 8.46. The average molecular weight is 435 g/mol. The van der Waals surface area contributed by atoms with Gasteiger partial charge in [0.05, 0.1) is 0 Å². The molecule has 34 heavy (non-hydrogen) atoms. The molecule has 2 aliphatic rings. The van der Waals surface area contributed by atoms with Crippen LogP contribution in [0.25, 0.3) is 54.6 Å². The van der Waals surface area contributed by atoms with Gasteiger partial charge in [-0.1, -0.05) is 100 Å². The molecule has 0 saturated carbocycles. The zero-order valence-electron chi connectivity index (χ0n) is 20.1. The third kappa shape index (κ3) is 1.95. The molecule has 0 saturated heterocycles. The Hall–Kier alpha value is -3.64. The molecule has 0 atom stereocenters. The second kappa shape index (κ2) is 5.70. The molecular formula is C34H26. The topological polar surface area (TPSA) is 0 Å². The van der Waals surface area contributed by atoms with Crippen molar-refractivity contribution in [2.75, 3.05) is 0 Å². The summed E-state index contributed by atoms with van der Waals surface area (Å²) in [6, 6.07) is 32.5. The Morgan fingerprint density at radius 3 is 1.82 bits per heavy atom. The summed E-state index contributed by atoms with van der Waals surface area (Å²) in [5.41, 5.74) is 11.3. The van der Waals surface area contributed by atoms with Crippen molar-refractivity contribution < 1.29 is 0 Å². The van der Waals surface area contributed by atoms with Gasteiger partial charge in [-0.3, -0.25) is 0 Å². The van der Waals surface area contributed by atoms with E-state index in [4.69, 9.17) is 0 Å². The number of fused-ring (bicyclic) bond motifs is 6. The monoisotopic (exact) mass is 434 g/mol. The van der Waals surface area contributed by atoms with E-state index in [0.29, 0.717) is 0 Å². The maximum atomic E-state index is 2.48. The third-order valence-corrected chi connectivity index (χ3v) is 8.96. The molecule has 162 valence electrons. The highest BCUT2D eigenvalue weighted by Crippen LogP contribution is 2.56. The molecule has 0 unspecified atom stereocenters. The maximum Gasteiger partial charge on any atom is 0.0165 e. The molecule has 0 spiro atoms. The molecule has 0 radical (unpaired) electrons. The van der Waals surface area contributed by atoms with E-state index in [0.717, 1.165) is 0 Å². The number of benzene rings is 6. The maximum absolute atomic E-state index is 2.48. The molecule has 0 fully saturated rings. The van der Waals surface area contributed by atoms with Crippen LogP contribution in [-0.2, 0) is 10.8 Å². The van der Waals surface area contributed by atoms with Gasteiger partial charge >= 0.3 is 0 Å². The number of hydrogen-bond acceptors (Lipinski definition) is 0. The highest BCUT2D eigenvalue weighted by atomic mass is 14.4. The van der Waals surface area contributed by atoms with Crippen LogP contribution in [0.15, 0.2) is 84.9 Å². The van der Waals surface area contributed by atoms with Gasteiger partial charge < -0.3 is 0 Å². The van der Waals surface area contributed by atoms with Crippen molar-refractivity contribution in [3.05, 3.63) is 107 Å². The lowest BCUT2D eigenvalue weighted by molar-refractivity contribution is 0.645. The van der Waals surface area contributed by atoms with Crippen LogP contribution in [0.2, 0.25) is 0 Å². The summed E-state index contributed by atoms with van der Waals surface area (Å²) in [7, 11) is 0. The summed E-state index contributed by atoms with van der Waals surface area (Å²) in [4.78, 5) is 0. The minimum absolute atomic E-state index is 0.0111. The minimum Gasteiger partial charge on any atom is -0.0619 e. The van der Waals surface area contributed by atoms with Gasteiger partial charge in [-0.15, -0.1) is 0 Å². The van der Waals surface area contributed by atoms with Gasteiger partial charge in [0, 0.05) is 10.8 Å². The van der Waals surface area contributed by atoms with Crippen LogP contribution >= 0.6 is 0 Å². The van der Waals surface area contributed by atoms with Crippen LogP contribution in [-0.4, -0.2) is 0 Å². The first kappa shape index (κ1) is 18.7. The van der Waals surface area contributed by atoms with E-state index >= 15 is 0 Å². The van der Waals surface area contributed by atoms with E-state index in [1.165, 1.54) is 76.8 Å². The second-order valence-electron chi connectivity index (χ2n) is 11.4. The zero-order valence-corrected chi connectivity index (χ0v) is 20.1. The lowest BCUT2D eigenvalue weighted by atomic mass is 9.67. The van der Waals surface area contributed by atoms with Gasteiger partial charge in [-0.05, 0) is 89.0 Å². The minimum atomic E-state index is -0.0244. The molecule has 0 amide bonds. The molecule has 0 nitrogen and oxygen atoms in total. The first-order chi connectivity index (χ1) is 16.4. The first-order valence-electron chi connectivity index (χ1n) is 12.4. The molecular weight excluding hydrogens is 408 g/mol. The summed E-state index contributed by atoms with van der Waals surface area (Å²) in [6.45, 7) is 9.57. The van der Waals surface area contributed by atoms with Gasteiger partial charge in [0.15, 0.2) is 0 Å². The number of hydrogen-bond donors (Lipinski definition) is 0. The van der Waals surface area contributed by atoms with Crippen molar-refractivity contribution in [3.63, 3.8) is 0 Å². The van der Waals surface area contributed by atoms with E-state index in [-0.39, 0.29) is 10.8 Å². The predicted octanol–water partition coefficient (Wildman–Crippen LogP) is 9.20. The van der Waals surface area contributed by atoms with Gasteiger partial charge in [0.25, 0.3) is 0 Å². The Labute approximate surface area is 200 Å². The fourth-order valence-electron chi connectivity index (χ4n) is 7.42. The molecule has 6 aromatic carbocycles. The van der Waals surface area contributed by atoms with Gasteiger partial charge in [-0.25, -0.2) is 0 Å². The fraction of sp³-hybridized carbons (Fsp3) is 0.176. The van der Waals surface area contributed by atoms with Crippen molar-refractivity contribution in [2.24, 2.45) is 0 Å². The van der Waals surface area contributed by atoms with E-state index in [9.17, 15) is 0 Å². The van der Waals surface area contributed by atoms with Crippen molar-refractivity contribution in [1.82, 2.24) is 0 Å². The lowest BCUT2D eigenvalue weighted by Gasteiger charge is -2.36. The van der Waals surface area contributed by atoms with E-state index < -0.39 is 0 Å². The van der Waals surface area contributed by atoms with Crippen LogP contribution in [0.4, 0.5) is 0 Å².